The minimum atomic E-state index is -0.557. The van der Waals surface area contributed by atoms with Crippen molar-refractivity contribution in [1.29, 1.82) is 0 Å². The highest BCUT2D eigenvalue weighted by molar-refractivity contribution is 5.91. The van der Waals surface area contributed by atoms with E-state index in [1.54, 1.807) is 29.2 Å². The summed E-state index contributed by atoms with van der Waals surface area (Å²) in [6.45, 7) is 6.50. The minimum Gasteiger partial charge on any atom is -0.322 e. The van der Waals surface area contributed by atoms with Crippen molar-refractivity contribution in [2.24, 2.45) is 0 Å². The molecule has 3 rings (SSSR count). The Balaban J connectivity index is 1.53. The molecule has 0 radical (unpaired) electrons. The molecule has 25 heavy (non-hydrogen) atoms. The molecule has 2 amide bonds. The van der Waals surface area contributed by atoms with E-state index in [9.17, 15) is 9.59 Å². The highest BCUT2D eigenvalue weighted by Gasteiger charge is 2.28. The van der Waals surface area contributed by atoms with Crippen LogP contribution in [-0.2, 0) is 9.68 Å². The zero-order chi connectivity index (χ0) is 17.6. The van der Waals surface area contributed by atoms with Gasteiger partial charge in [-0.25, -0.2) is 9.59 Å². The molecule has 2 saturated heterocycles. The van der Waals surface area contributed by atoms with E-state index in [-0.39, 0.29) is 6.03 Å². The lowest BCUT2D eigenvalue weighted by Gasteiger charge is -2.37. The van der Waals surface area contributed by atoms with Gasteiger partial charge < -0.3 is 15.5 Å². The Morgan fingerprint density at radius 1 is 1.20 bits per heavy atom. The maximum atomic E-state index is 12.5. The van der Waals surface area contributed by atoms with Gasteiger partial charge in [-0.3, -0.25) is 14.7 Å². The lowest BCUT2D eigenvalue weighted by molar-refractivity contribution is -0.210. The van der Waals surface area contributed by atoms with Crippen LogP contribution in [0.1, 0.15) is 13.3 Å². The van der Waals surface area contributed by atoms with Crippen LogP contribution in [0.5, 0.6) is 5.75 Å². The van der Waals surface area contributed by atoms with Crippen molar-refractivity contribution in [1.82, 2.24) is 15.1 Å². The molecule has 136 valence electrons. The van der Waals surface area contributed by atoms with Gasteiger partial charge in [0.1, 0.15) is 0 Å². The number of rotatable bonds is 4. The molecule has 0 bridgehead atoms. The maximum absolute atomic E-state index is 12.5. The zero-order valence-corrected chi connectivity index (χ0v) is 14.4. The van der Waals surface area contributed by atoms with E-state index in [1.807, 2.05) is 0 Å². The van der Waals surface area contributed by atoms with Crippen LogP contribution in [0.15, 0.2) is 24.3 Å². The Hall–Kier alpha value is -2.32. The van der Waals surface area contributed by atoms with E-state index in [4.69, 9.17) is 4.89 Å². The van der Waals surface area contributed by atoms with Crippen molar-refractivity contribution < 1.29 is 19.4 Å². The zero-order valence-electron chi connectivity index (χ0n) is 14.4. The number of hydrogen-bond donors (Lipinski definition) is 2. The standard InChI is InChI=1S/C17H24N4O4/c1-13(22)24-25-16-5-3-2-4-15(16)19-17(23)21-10-8-20(9-11-21)14-6-7-18-12-14/h2-5,14,18H,6-12H2,1H3,(H,19,23). The van der Waals surface area contributed by atoms with Crippen molar-refractivity contribution in [3.63, 3.8) is 0 Å². The molecule has 0 saturated carbocycles. The number of urea groups is 1. The molecular weight excluding hydrogens is 324 g/mol. The number of amides is 2. The first-order valence-corrected chi connectivity index (χ1v) is 8.58. The number of para-hydroxylation sites is 2. The first kappa shape index (κ1) is 17.5. The molecule has 2 fully saturated rings. The Morgan fingerprint density at radius 2 is 1.96 bits per heavy atom. The molecule has 2 heterocycles. The summed E-state index contributed by atoms with van der Waals surface area (Å²) in [5.74, 6) is -0.264. The Labute approximate surface area is 147 Å². The Bertz CT molecular complexity index is 610. The minimum absolute atomic E-state index is 0.178. The Morgan fingerprint density at radius 3 is 2.64 bits per heavy atom. The maximum Gasteiger partial charge on any atom is 0.352 e. The molecule has 8 nitrogen and oxygen atoms in total. The van der Waals surface area contributed by atoms with Crippen LogP contribution in [-0.4, -0.2) is 67.1 Å². The Kier molecular flexibility index (Phi) is 5.72. The van der Waals surface area contributed by atoms with Gasteiger partial charge in [-0.05, 0) is 25.1 Å². The van der Waals surface area contributed by atoms with Crippen molar-refractivity contribution in [2.45, 2.75) is 19.4 Å². The molecule has 1 unspecified atom stereocenters. The van der Waals surface area contributed by atoms with Gasteiger partial charge in [0.25, 0.3) is 0 Å². The van der Waals surface area contributed by atoms with Gasteiger partial charge in [0.15, 0.2) is 0 Å². The molecule has 2 aliphatic rings. The molecule has 8 heteroatoms. The van der Waals surface area contributed by atoms with Crippen LogP contribution >= 0.6 is 0 Å². The first-order chi connectivity index (χ1) is 12.1. The lowest BCUT2D eigenvalue weighted by Crippen LogP contribution is -2.53. The van der Waals surface area contributed by atoms with Gasteiger partial charge in [-0.1, -0.05) is 12.1 Å². The van der Waals surface area contributed by atoms with Crippen LogP contribution in [0.25, 0.3) is 0 Å². The van der Waals surface area contributed by atoms with Gasteiger partial charge in [0.2, 0.25) is 5.75 Å². The van der Waals surface area contributed by atoms with Crippen LogP contribution in [0, 0.1) is 0 Å². The quantitative estimate of drug-likeness (QED) is 0.625. The monoisotopic (exact) mass is 348 g/mol. The second kappa shape index (κ2) is 8.17. The second-order valence-corrected chi connectivity index (χ2v) is 6.25. The van der Waals surface area contributed by atoms with Gasteiger partial charge in [-0.15, -0.1) is 0 Å². The molecule has 0 aromatic heterocycles. The van der Waals surface area contributed by atoms with E-state index in [0.717, 1.165) is 26.2 Å². The van der Waals surface area contributed by atoms with E-state index in [2.05, 4.69) is 20.4 Å². The van der Waals surface area contributed by atoms with Crippen molar-refractivity contribution in [3.05, 3.63) is 24.3 Å². The van der Waals surface area contributed by atoms with Crippen molar-refractivity contribution in [2.75, 3.05) is 44.6 Å². The van der Waals surface area contributed by atoms with E-state index < -0.39 is 5.97 Å². The fourth-order valence-electron chi connectivity index (χ4n) is 3.18. The smallest absolute Gasteiger partial charge is 0.322 e. The molecular formula is C17H24N4O4. The molecule has 1 atom stereocenters. The number of nitrogens with one attached hydrogen (secondary N) is 2. The predicted octanol–water partition coefficient (Wildman–Crippen LogP) is 1.05. The third-order valence-electron chi connectivity index (χ3n) is 4.53. The number of anilines is 1. The van der Waals surface area contributed by atoms with E-state index >= 15 is 0 Å². The summed E-state index contributed by atoms with van der Waals surface area (Å²) in [4.78, 5) is 37.2. The summed E-state index contributed by atoms with van der Waals surface area (Å²) in [5, 5.41) is 6.21. The van der Waals surface area contributed by atoms with Gasteiger partial charge in [-0.2, -0.15) is 0 Å². The van der Waals surface area contributed by atoms with Crippen LogP contribution in [0.3, 0.4) is 0 Å². The third-order valence-corrected chi connectivity index (χ3v) is 4.53. The molecule has 1 aromatic carbocycles. The average Bonchev–Trinajstić information content (AvgIpc) is 3.15. The molecule has 1 aromatic rings. The molecule has 0 spiro atoms. The SMILES string of the molecule is CC(=O)OOc1ccccc1NC(=O)N1CCN(C2CCNC2)CC1. The molecule has 2 N–H and O–H groups in total. The normalized spacial score (nSPS) is 21.0. The highest BCUT2D eigenvalue weighted by atomic mass is 17.2. The van der Waals surface area contributed by atoms with Crippen LogP contribution < -0.4 is 15.5 Å². The van der Waals surface area contributed by atoms with Gasteiger partial charge in [0, 0.05) is 45.7 Å². The molecule has 0 aliphatic carbocycles. The molecule has 2 aliphatic heterocycles. The summed E-state index contributed by atoms with van der Waals surface area (Å²) in [5.41, 5.74) is 0.469. The van der Waals surface area contributed by atoms with Crippen LogP contribution in [0.2, 0.25) is 0 Å². The van der Waals surface area contributed by atoms with Crippen LogP contribution in [0.4, 0.5) is 10.5 Å². The lowest BCUT2D eigenvalue weighted by atomic mass is 10.2. The summed E-state index contributed by atoms with van der Waals surface area (Å²) in [6, 6.07) is 7.26. The average molecular weight is 348 g/mol. The largest absolute Gasteiger partial charge is 0.352 e. The number of nitrogens with zero attached hydrogens (tertiary/aromatic N) is 2. The third kappa shape index (κ3) is 4.61. The summed E-state index contributed by atoms with van der Waals surface area (Å²) in [6.07, 6.45) is 1.17. The van der Waals surface area contributed by atoms with Gasteiger partial charge in [0.05, 0.1) is 5.69 Å². The van der Waals surface area contributed by atoms with Crippen molar-refractivity contribution in [3.8, 4) is 5.75 Å². The fraction of sp³-hybridized carbons (Fsp3) is 0.529. The summed E-state index contributed by atoms with van der Waals surface area (Å²) >= 11 is 0. The predicted molar refractivity (Wildman–Crippen MR) is 92.3 cm³/mol. The first-order valence-electron chi connectivity index (χ1n) is 8.58. The number of benzene rings is 1. The van der Waals surface area contributed by atoms with E-state index in [1.165, 1.54) is 13.3 Å². The summed E-state index contributed by atoms with van der Waals surface area (Å²) < 4.78 is 0. The summed E-state index contributed by atoms with van der Waals surface area (Å²) in [7, 11) is 0. The number of hydrogen-bond acceptors (Lipinski definition) is 6. The van der Waals surface area contributed by atoms with E-state index in [0.29, 0.717) is 30.6 Å². The highest BCUT2D eigenvalue weighted by Crippen LogP contribution is 2.24. The van der Waals surface area contributed by atoms with Crippen molar-refractivity contribution >= 4 is 17.7 Å². The number of carbonyl (C=O) groups excluding carboxylic acids is 2. The fourth-order valence-corrected chi connectivity index (χ4v) is 3.18. The second-order valence-electron chi connectivity index (χ2n) is 6.25. The number of carbonyl (C=O) groups is 2. The number of piperazine rings is 1. The topological polar surface area (TPSA) is 83.1 Å². The van der Waals surface area contributed by atoms with Gasteiger partial charge >= 0.3 is 12.0 Å².